The van der Waals surface area contributed by atoms with E-state index >= 15 is 0 Å². The van der Waals surface area contributed by atoms with E-state index in [0.717, 1.165) is 22.3 Å². The van der Waals surface area contributed by atoms with Gasteiger partial charge in [0.25, 0.3) is 0 Å². The summed E-state index contributed by atoms with van der Waals surface area (Å²) in [6, 6.07) is 40.2. The maximum atomic E-state index is 6.86. The van der Waals surface area contributed by atoms with E-state index in [1.807, 2.05) is 121 Å². The zero-order chi connectivity index (χ0) is 27.4. The van der Waals surface area contributed by atoms with Crippen molar-refractivity contribution in [3.05, 3.63) is 144 Å². The van der Waals surface area contributed by atoms with Crippen LogP contribution in [0.5, 0.6) is 0 Å². The van der Waals surface area contributed by atoms with Crippen LogP contribution in [0, 0.1) is 0 Å². The predicted octanol–water partition coefficient (Wildman–Crippen LogP) is 6.92. The minimum atomic E-state index is -0.744. The molecule has 40 heavy (non-hydrogen) atoms. The van der Waals surface area contributed by atoms with Gasteiger partial charge in [-0.05, 0) is 22.3 Å². The molecule has 0 bridgehead atoms. The van der Waals surface area contributed by atoms with Crippen LogP contribution in [0.15, 0.2) is 121 Å². The molecule has 0 radical (unpaired) electrons. The van der Waals surface area contributed by atoms with Crippen LogP contribution in [-0.2, 0) is 50.1 Å². The summed E-state index contributed by atoms with van der Waals surface area (Å²) in [7, 11) is 0. The van der Waals surface area contributed by atoms with E-state index in [2.05, 4.69) is 0 Å². The summed E-state index contributed by atoms with van der Waals surface area (Å²) < 4.78 is 31.9. The summed E-state index contributed by atoms with van der Waals surface area (Å²) in [5, 5.41) is 0. The van der Waals surface area contributed by atoms with Gasteiger partial charge in [0, 0.05) is 0 Å². The van der Waals surface area contributed by atoms with Crippen molar-refractivity contribution in [1.82, 2.24) is 0 Å². The van der Waals surface area contributed by atoms with Crippen molar-refractivity contribution in [1.29, 1.82) is 0 Å². The summed E-state index contributed by atoms with van der Waals surface area (Å²) in [6.07, 6.45) is -1.98. The molecule has 1 heterocycles. The molecule has 1 aliphatic heterocycles. The third-order valence-electron chi connectivity index (χ3n) is 6.83. The zero-order valence-corrected chi connectivity index (χ0v) is 23.1. The molecule has 1 saturated heterocycles. The molecule has 0 saturated carbocycles. The average Bonchev–Trinajstić information content (AvgIpc) is 3.01. The third kappa shape index (κ3) is 8.24. The predicted molar refractivity (Wildman–Crippen MR) is 156 cm³/mol. The second kappa shape index (κ2) is 15.1. The van der Waals surface area contributed by atoms with Crippen LogP contribution in [-0.4, -0.2) is 36.6 Å². The van der Waals surface area contributed by atoms with Crippen LogP contribution in [0.2, 0.25) is 0 Å². The van der Waals surface area contributed by atoms with Gasteiger partial charge in [0.1, 0.15) is 24.4 Å². The van der Waals surface area contributed by atoms with Crippen molar-refractivity contribution < 1.29 is 23.7 Å². The van der Waals surface area contributed by atoms with Crippen molar-refractivity contribution in [3.63, 3.8) is 0 Å². The molecule has 0 aliphatic carbocycles. The van der Waals surface area contributed by atoms with Crippen LogP contribution in [0.1, 0.15) is 22.3 Å². The molecular formula is C34H35ClO5. The first kappa shape index (κ1) is 28.5. The molecule has 5 rings (SSSR count). The number of halogens is 1. The summed E-state index contributed by atoms with van der Waals surface area (Å²) in [4.78, 5) is 0. The molecule has 0 amide bonds. The Hall–Kier alpha value is -3.03. The SMILES string of the molecule is Cl[C@@H]1OC(COCc2ccccc2)[C@H](OCc2ccccc2)[C@@H](OCc2ccccc2)C1OCc1ccccc1. The Morgan fingerprint density at radius 2 is 0.850 bits per heavy atom. The van der Waals surface area contributed by atoms with Gasteiger partial charge in [0.05, 0.1) is 33.0 Å². The number of ether oxygens (including phenoxy) is 5. The molecule has 4 aromatic rings. The van der Waals surface area contributed by atoms with E-state index in [-0.39, 0.29) is 0 Å². The van der Waals surface area contributed by atoms with Gasteiger partial charge in [0.15, 0.2) is 5.56 Å². The van der Waals surface area contributed by atoms with E-state index < -0.39 is 30.0 Å². The fraction of sp³-hybridized carbons (Fsp3) is 0.294. The van der Waals surface area contributed by atoms with Crippen LogP contribution in [0.3, 0.4) is 0 Å². The second-order valence-corrected chi connectivity index (χ2v) is 10.2. The molecule has 208 valence electrons. The number of rotatable bonds is 13. The fourth-order valence-corrected chi connectivity index (χ4v) is 5.08. The quantitative estimate of drug-likeness (QED) is 0.167. The Balaban J connectivity index is 1.36. The molecule has 5 nitrogen and oxygen atoms in total. The van der Waals surface area contributed by atoms with Crippen molar-refractivity contribution >= 4 is 11.6 Å². The number of alkyl halides is 1. The summed E-state index contributed by atoms with van der Waals surface area (Å²) in [5.41, 5.74) is 3.50. The number of hydrogen-bond donors (Lipinski definition) is 0. The molecule has 5 atom stereocenters. The molecule has 1 fully saturated rings. The highest BCUT2D eigenvalue weighted by atomic mass is 35.5. The summed E-state index contributed by atoms with van der Waals surface area (Å²) in [5.74, 6) is 0. The average molecular weight is 559 g/mol. The molecule has 2 unspecified atom stereocenters. The van der Waals surface area contributed by atoms with Crippen LogP contribution in [0.25, 0.3) is 0 Å². The smallest absolute Gasteiger partial charge is 0.160 e. The van der Waals surface area contributed by atoms with Gasteiger partial charge in [-0.25, -0.2) is 0 Å². The Morgan fingerprint density at radius 1 is 0.475 bits per heavy atom. The molecule has 4 aromatic carbocycles. The van der Waals surface area contributed by atoms with E-state index in [4.69, 9.17) is 35.3 Å². The van der Waals surface area contributed by atoms with E-state index in [1.165, 1.54) is 0 Å². The Kier molecular flexibility index (Phi) is 10.8. The third-order valence-corrected chi connectivity index (χ3v) is 7.18. The molecular weight excluding hydrogens is 524 g/mol. The van der Waals surface area contributed by atoms with Gasteiger partial charge in [-0.15, -0.1) is 0 Å². The second-order valence-electron chi connectivity index (χ2n) is 9.81. The van der Waals surface area contributed by atoms with E-state index in [1.54, 1.807) is 0 Å². The fourth-order valence-electron chi connectivity index (χ4n) is 4.73. The Labute approximate surface area is 241 Å². The Bertz CT molecular complexity index is 1240. The molecule has 0 N–H and O–H groups in total. The maximum Gasteiger partial charge on any atom is 0.160 e. The lowest BCUT2D eigenvalue weighted by Crippen LogP contribution is -2.59. The largest absolute Gasteiger partial charge is 0.374 e. The minimum Gasteiger partial charge on any atom is -0.374 e. The highest BCUT2D eigenvalue weighted by Gasteiger charge is 2.47. The standard InChI is InChI=1S/C34H35ClO5/c35-34-33(39-24-29-19-11-4-12-20-29)32(38-23-28-17-9-3-10-18-28)31(37-22-27-15-7-2-8-16-27)30(40-34)25-36-21-26-13-5-1-6-14-26/h1-20,30-34H,21-25H2/t30?,31-,32+,33?,34+/m0/s1. The zero-order valence-electron chi connectivity index (χ0n) is 22.4. The summed E-state index contributed by atoms with van der Waals surface area (Å²) >= 11 is 6.86. The molecule has 0 aromatic heterocycles. The monoisotopic (exact) mass is 558 g/mol. The highest BCUT2D eigenvalue weighted by molar-refractivity contribution is 6.20. The van der Waals surface area contributed by atoms with Gasteiger partial charge in [-0.1, -0.05) is 133 Å². The van der Waals surface area contributed by atoms with Crippen LogP contribution >= 0.6 is 11.6 Å². The molecule has 6 heteroatoms. The maximum absolute atomic E-state index is 6.86. The van der Waals surface area contributed by atoms with Gasteiger partial charge >= 0.3 is 0 Å². The normalized spacial score (nSPS) is 22.7. The minimum absolute atomic E-state index is 0.300. The molecule has 1 aliphatic rings. The van der Waals surface area contributed by atoms with Crippen molar-refractivity contribution in [2.45, 2.75) is 56.4 Å². The number of hydrogen-bond acceptors (Lipinski definition) is 5. The van der Waals surface area contributed by atoms with Crippen molar-refractivity contribution in [3.8, 4) is 0 Å². The first-order valence-corrected chi connectivity index (χ1v) is 14.1. The van der Waals surface area contributed by atoms with Crippen LogP contribution in [0.4, 0.5) is 0 Å². The molecule has 0 spiro atoms. The Morgan fingerprint density at radius 3 is 1.30 bits per heavy atom. The highest BCUT2D eigenvalue weighted by Crippen LogP contribution is 2.32. The van der Waals surface area contributed by atoms with Crippen LogP contribution < -0.4 is 0 Å². The summed E-state index contributed by atoms with van der Waals surface area (Å²) in [6.45, 7) is 1.93. The lowest BCUT2D eigenvalue weighted by Gasteiger charge is -2.44. The van der Waals surface area contributed by atoms with E-state index in [9.17, 15) is 0 Å². The lowest BCUT2D eigenvalue weighted by atomic mass is 9.99. The van der Waals surface area contributed by atoms with Crippen molar-refractivity contribution in [2.75, 3.05) is 6.61 Å². The van der Waals surface area contributed by atoms with Crippen molar-refractivity contribution in [2.24, 2.45) is 0 Å². The van der Waals surface area contributed by atoms with E-state index in [0.29, 0.717) is 33.0 Å². The van der Waals surface area contributed by atoms with Gasteiger partial charge in [-0.2, -0.15) is 0 Å². The van der Waals surface area contributed by atoms with Gasteiger partial charge < -0.3 is 23.7 Å². The lowest BCUT2D eigenvalue weighted by molar-refractivity contribution is -0.256. The van der Waals surface area contributed by atoms with Gasteiger partial charge in [0.2, 0.25) is 0 Å². The number of benzene rings is 4. The topological polar surface area (TPSA) is 46.2 Å². The first-order chi connectivity index (χ1) is 19.8. The first-order valence-electron chi connectivity index (χ1n) is 13.6. The van der Waals surface area contributed by atoms with Gasteiger partial charge in [-0.3, -0.25) is 0 Å².